The molecular weight excluding hydrogens is 292 g/mol. The van der Waals surface area contributed by atoms with Gasteiger partial charge in [0.2, 0.25) is 10.0 Å². The second-order valence-corrected chi connectivity index (χ2v) is 6.42. The summed E-state index contributed by atoms with van der Waals surface area (Å²) >= 11 is 0. The van der Waals surface area contributed by atoms with Crippen LogP contribution in [0.4, 0.5) is 0 Å². The maximum absolute atomic E-state index is 12.2. The fourth-order valence-corrected chi connectivity index (χ4v) is 3.03. The molecule has 1 aromatic carbocycles. The van der Waals surface area contributed by atoms with Crippen molar-refractivity contribution in [2.45, 2.75) is 11.3 Å². The van der Waals surface area contributed by atoms with Crippen molar-refractivity contribution in [3.05, 3.63) is 41.5 Å². The number of methoxy groups -OCH3 is 1. The molecule has 0 radical (unpaired) electrons. The van der Waals surface area contributed by atoms with Gasteiger partial charge in [-0.05, 0) is 37.2 Å². The molecule has 0 saturated carbocycles. The van der Waals surface area contributed by atoms with Gasteiger partial charge in [0.05, 0.1) is 17.6 Å². The van der Waals surface area contributed by atoms with Crippen LogP contribution >= 0.6 is 0 Å². The van der Waals surface area contributed by atoms with Gasteiger partial charge in [-0.1, -0.05) is 11.6 Å². The molecule has 0 spiro atoms. The molecule has 1 aromatic rings. The monoisotopic (exact) mass is 310 g/mol. The van der Waals surface area contributed by atoms with Crippen molar-refractivity contribution in [3.63, 3.8) is 0 Å². The number of esters is 1. The van der Waals surface area contributed by atoms with Crippen LogP contribution in [-0.4, -0.2) is 41.1 Å². The number of hydrogen-bond donors (Lipinski definition) is 2. The van der Waals surface area contributed by atoms with Gasteiger partial charge in [0.25, 0.3) is 0 Å². The number of nitrogens with one attached hydrogen (secondary N) is 2. The Hall–Kier alpha value is -1.70. The normalized spacial score (nSPS) is 15.4. The van der Waals surface area contributed by atoms with E-state index >= 15 is 0 Å². The summed E-state index contributed by atoms with van der Waals surface area (Å²) in [5.41, 5.74) is 1.39. The van der Waals surface area contributed by atoms with Crippen LogP contribution in [0.25, 0.3) is 0 Å². The highest BCUT2D eigenvalue weighted by Crippen LogP contribution is 2.12. The molecular formula is C14H18N2O4S. The first-order chi connectivity index (χ1) is 10.0. The Morgan fingerprint density at radius 3 is 2.62 bits per heavy atom. The van der Waals surface area contributed by atoms with E-state index in [1.807, 2.05) is 6.08 Å². The minimum atomic E-state index is -3.57. The molecule has 0 fully saturated rings. The Bertz CT molecular complexity index is 635. The molecule has 0 bridgehead atoms. The van der Waals surface area contributed by atoms with E-state index in [9.17, 15) is 13.2 Å². The Kier molecular flexibility index (Phi) is 5.11. The van der Waals surface area contributed by atoms with Crippen molar-refractivity contribution in [2.75, 3.05) is 26.7 Å². The predicted molar refractivity (Wildman–Crippen MR) is 78.5 cm³/mol. The summed E-state index contributed by atoms with van der Waals surface area (Å²) in [5, 5.41) is 3.17. The molecule has 6 nitrogen and oxygen atoms in total. The van der Waals surface area contributed by atoms with Crippen LogP contribution in [0, 0.1) is 0 Å². The number of rotatable bonds is 5. The molecule has 0 aliphatic carbocycles. The van der Waals surface area contributed by atoms with Crippen LogP contribution < -0.4 is 10.0 Å². The minimum Gasteiger partial charge on any atom is -0.465 e. The van der Waals surface area contributed by atoms with Gasteiger partial charge in [-0.3, -0.25) is 0 Å². The van der Waals surface area contributed by atoms with Crippen LogP contribution in [-0.2, 0) is 14.8 Å². The summed E-state index contributed by atoms with van der Waals surface area (Å²) < 4.78 is 31.4. The molecule has 2 N–H and O–H groups in total. The predicted octanol–water partition coefficient (Wildman–Crippen LogP) is 0.671. The summed E-state index contributed by atoms with van der Waals surface area (Å²) in [5.74, 6) is -0.494. The largest absolute Gasteiger partial charge is 0.465 e. The zero-order valence-corrected chi connectivity index (χ0v) is 12.6. The Morgan fingerprint density at radius 1 is 1.33 bits per heavy atom. The third kappa shape index (κ3) is 4.13. The molecule has 1 heterocycles. The number of carbonyl (C=O) groups is 1. The first-order valence-corrected chi connectivity index (χ1v) is 8.08. The lowest BCUT2D eigenvalue weighted by atomic mass is 10.1. The first-order valence-electron chi connectivity index (χ1n) is 6.59. The summed E-state index contributed by atoms with van der Waals surface area (Å²) in [6.45, 7) is 1.94. The molecule has 114 valence electrons. The van der Waals surface area contributed by atoms with E-state index in [1.165, 1.54) is 31.4 Å². The second kappa shape index (κ2) is 6.84. The Balaban J connectivity index is 2.05. The lowest BCUT2D eigenvalue weighted by Gasteiger charge is -2.14. The summed E-state index contributed by atoms with van der Waals surface area (Å²) in [4.78, 5) is 11.4. The minimum absolute atomic E-state index is 0.129. The van der Waals surface area contributed by atoms with Crippen molar-refractivity contribution < 1.29 is 17.9 Å². The van der Waals surface area contributed by atoms with Gasteiger partial charge >= 0.3 is 5.97 Å². The smallest absolute Gasteiger partial charge is 0.337 e. The number of carbonyl (C=O) groups excluding carboxylic acids is 1. The Labute approximate surface area is 124 Å². The molecule has 1 aliphatic rings. The molecule has 2 rings (SSSR count). The number of benzene rings is 1. The zero-order valence-electron chi connectivity index (χ0n) is 11.8. The highest BCUT2D eigenvalue weighted by Gasteiger charge is 2.15. The van der Waals surface area contributed by atoms with Gasteiger partial charge in [-0.2, -0.15) is 0 Å². The molecule has 7 heteroatoms. The van der Waals surface area contributed by atoms with E-state index in [1.54, 1.807) is 0 Å². The third-order valence-corrected chi connectivity index (χ3v) is 4.65. The van der Waals surface area contributed by atoms with Gasteiger partial charge < -0.3 is 10.1 Å². The molecule has 0 saturated heterocycles. The molecule has 1 aliphatic heterocycles. The lowest BCUT2D eigenvalue weighted by Crippen LogP contribution is -2.29. The summed E-state index contributed by atoms with van der Waals surface area (Å²) in [7, 11) is -2.29. The van der Waals surface area contributed by atoms with Crippen molar-refractivity contribution in [1.82, 2.24) is 10.0 Å². The average molecular weight is 310 g/mol. The summed E-state index contributed by atoms with van der Waals surface area (Å²) in [6, 6.07) is 5.66. The third-order valence-electron chi connectivity index (χ3n) is 3.23. The molecule has 21 heavy (non-hydrogen) atoms. The lowest BCUT2D eigenvalue weighted by molar-refractivity contribution is 0.0600. The van der Waals surface area contributed by atoms with Crippen molar-refractivity contribution in [2.24, 2.45) is 0 Å². The van der Waals surface area contributed by atoms with Crippen LogP contribution in [0.5, 0.6) is 0 Å². The molecule has 0 unspecified atom stereocenters. The molecule has 0 amide bonds. The first kappa shape index (κ1) is 15.7. The maximum Gasteiger partial charge on any atom is 0.337 e. The standard InChI is InChI=1S/C14H18N2O4S/c1-20-14(17)12-2-4-13(5-3-12)21(18,19)16-10-11-6-8-15-9-7-11/h2-6,15-16H,7-10H2,1H3. The van der Waals surface area contributed by atoms with Gasteiger partial charge in [-0.25, -0.2) is 17.9 Å². The van der Waals surface area contributed by atoms with Crippen LogP contribution in [0.3, 0.4) is 0 Å². The number of ether oxygens (including phenoxy) is 1. The van der Waals surface area contributed by atoms with E-state index < -0.39 is 16.0 Å². The van der Waals surface area contributed by atoms with Crippen LogP contribution in [0.2, 0.25) is 0 Å². The van der Waals surface area contributed by atoms with Gasteiger partial charge in [0, 0.05) is 13.1 Å². The summed E-state index contributed by atoms with van der Waals surface area (Å²) in [6.07, 6.45) is 2.83. The van der Waals surface area contributed by atoms with Crippen LogP contribution in [0.15, 0.2) is 40.8 Å². The fourth-order valence-electron chi connectivity index (χ4n) is 1.99. The highest BCUT2D eigenvalue weighted by atomic mass is 32.2. The quantitative estimate of drug-likeness (QED) is 0.617. The topological polar surface area (TPSA) is 84.5 Å². The second-order valence-electron chi connectivity index (χ2n) is 4.66. The number of sulfonamides is 1. The van der Waals surface area contributed by atoms with Gasteiger partial charge in [0.15, 0.2) is 0 Å². The number of hydrogen-bond acceptors (Lipinski definition) is 5. The van der Waals surface area contributed by atoms with E-state index in [0.717, 1.165) is 25.1 Å². The van der Waals surface area contributed by atoms with Crippen molar-refractivity contribution in [1.29, 1.82) is 0 Å². The van der Waals surface area contributed by atoms with Crippen molar-refractivity contribution >= 4 is 16.0 Å². The zero-order chi connectivity index (χ0) is 15.3. The van der Waals surface area contributed by atoms with Gasteiger partial charge in [0.1, 0.15) is 0 Å². The molecule has 0 aromatic heterocycles. The average Bonchev–Trinajstić information content (AvgIpc) is 2.53. The fraction of sp³-hybridized carbons (Fsp3) is 0.357. The van der Waals surface area contributed by atoms with E-state index in [2.05, 4.69) is 14.8 Å². The highest BCUT2D eigenvalue weighted by molar-refractivity contribution is 7.89. The van der Waals surface area contributed by atoms with E-state index in [4.69, 9.17) is 0 Å². The molecule has 0 atom stereocenters. The Morgan fingerprint density at radius 2 is 2.05 bits per heavy atom. The van der Waals surface area contributed by atoms with E-state index in [-0.39, 0.29) is 4.90 Å². The van der Waals surface area contributed by atoms with E-state index in [0.29, 0.717) is 12.1 Å². The maximum atomic E-state index is 12.2. The SMILES string of the molecule is COC(=O)c1ccc(S(=O)(=O)NCC2=CCNCC2)cc1. The van der Waals surface area contributed by atoms with Crippen LogP contribution in [0.1, 0.15) is 16.8 Å². The van der Waals surface area contributed by atoms with Crippen molar-refractivity contribution in [3.8, 4) is 0 Å². The van der Waals surface area contributed by atoms with Gasteiger partial charge in [-0.15, -0.1) is 0 Å².